The highest BCUT2D eigenvalue weighted by atomic mass is 35.5. The van der Waals surface area contributed by atoms with Crippen molar-refractivity contribution in [1.82, 2.24) is 39.5 Å². The van der Waals surface area contributed by atoms with E-state index >= 15 is 0 Å². The summed E-state index contributed by atoms with van der Waals surface area (Å²) < 4.78 is 1.26. The maximum absolute atomic E-state index is 11.1. The highest BCUT2D eigenvalue weighted by Gasteiger charge is 2.12. The average molecular weight is 401 g/mol. The van der Waals surface area contributed by atoms with Crippen LogP contribution in [0, 0.1) is 0 Å². The summed E-state index contributed by atoms with van der Waals surface area (Å²) in [6.45, 7) is 1.40. The number of nitrogens with two attached hydrogens (primary N) is 1. The van der Waals surface area contributed by atoms with Gasteiger partial charge in [-0.3, -0.25) is 9.36 Å². The smallest absolute Gasteiger partial charge is 0.230 e. The first-order chi connectivity index (χ1) is 11.9. The molecular formula is C12H8Cl3N9O. The summed E-state index contributed by atoms with van der Waals surface area (Å²) in [7, 11) is 0. The lowest BCUT2D eigenvalue weighted by Gasteiger charge is -1.97. The van der Waals surface area contributed by atoms with Gasteiger partial charge in [-0.1, -0.05) is 23.2 Å². The van der Waals surface area contributed by atoms with Gasteiger partial charge in [0.25, 0.3) is 0 Å². The number of rotatable bonds is 0. The lowest BCUT2D eigenvalue weighted by Crippen LogP contribution is -2.06. The minimum atomic E-state index is -0.207. The van der Waals surface area contributed by atoms with Crippen LogP contribution in [-0.2, 0) is 0 Å². The molecule has 25 heavy (non-hydrogen) atoms. The molecule has 0 atom stereocenters. The first-order valence-electron chi connectivity index (χ1n) is 6.56. The Kier molecular flexibility index (Phi) is 4.66. The van der Waals surface area contributed by atoms with E-state index in [-0.39, 0.29) is 27.4 Å². The van der Waals surface area contributed by atoms with E-state index in [2.05, 4.69) is 34.9 Å². The molecule has 0 aromatic carbocycles. The Labute approximate surface area is 154 Å². The van der Waals surface area contributed by atoms with Gasteiger partial charge in [-0.15, -0.1) is 0 Å². The van der Waals surface area contributed by atoms with Crippen LogP contribution in [0.4, 0.5) is 5.95 Å². The third kappa shape index (κ3) is 3.45. The third-order valence-corrected chi connectivity index (χ3v) is 3.62. The third-order valence-electron chi connectivity index (χ3n) is 2.92. The molecule has 0 aliphatic carbocycles. The lowest BCUT2D eigenvalue weighted by atomic mass is 10.5. The topological polar surface area (TPSA) is 141 Å². The Morgan fingerprint density at radius 3 is 2.52 bits per heavy atom. The number of hydrogen-bond donors (Lipinski definition) is 2. The van der Waals surface area contributed by atoms with Gasteiger partial charge in [0.1, 0.15) is 17.4 Å². The molecule has 0 radical (unpaired) electrons. The summed E-state index contributed by atoms with van der Waals surface area (Å²) in [5.74, 6) is -0.188. The fourth-order valence-corrected chi connectivity index (χ4v) is 2.54. The van der Waals surface area contributed by atoms with Gasteiger partial charge >= 0.3 is 0 Å². The molecule has 0 bridgehead atoms. The van der Waals surface area contributed by atoms with Crippen molar-refractivity contribution in [2.24, 2.45) is 0 Å². The number of carbonyl (C=O) groups is 1. The zero-order valence-corrected chi connectivity index (χ0v) is 14.7. The fraction of sp³-hybridized carbons (Fsp3) is 0.0833. The highest BCUT2D eigenvalue weighted by molar-refractivity contribution is 6.35. The molecule has 4 heterocycles. The van der Waals surface area contributed by atoms with Gasteiger partial charge in [-0.2, -0.15) is 15.0 Å². The van der Waals surface area contributed by atoms with E-state index in [1.165, 1.54) is 24.1 Å². The number of halogens is 3. The van der Waals surface area contributed by atoms with Crippen LogP contribution in [0.5, 0.6) is 0 Å². The Bertz CT molecular complexity index is 1090. The van der Waals surface area contributed by atoms with Crippen LogP contribution >= 0.6 is 34.8 Å². The molecule has 4 aromatic heterocycles. The second-order valence-corrected chi connectivity index (χ2v) is 5.62. The van der Waals surface area contributed by atoms with Gasteiger partial charge < -0.3 is 10.7 Å². The zero-order chi connectivity index (χ0) is 18.1. The molecule has 0 saturated carbocycles. The number of aromatic nitrogens is 8. The van der Waals surface area contributed by atoms with Crippen LogP contribution in [0.25, 0.3) is 22.3 Å². The summed E-state index contributed by atoms with van der Waals surface area (Å²) in [4.78, 5) is 36.8. The lowest BCUT2D eigenvalue weighted by molar-refractivity contribution is 0.0940. The molecule has 0 fully saturated rings. The summed E-state index contributed by atoms with van der Waals surface area (Å²) in [5.41, 5.74) is 7.18. The van der Waals surface area contributed by atoms with E-state index < -0.39 is 0 Å². The predicted octanol–water partition coefficient (Wildman–Crippen LogP) is 2.38. The van der Waals surface area contributed by atoms with Gasteiger partial charge in [-0.05, 0) is 11.6 Å². The molecule has 4 aromatic rings. The maximum atomic E-state index is 11.1. The standard InChI is InChI=1S/C7H6ClN5O.C5H2Cl2N4/c1-3(14)13-2-10-4-5(8)11-7(9)12-6(4)13;6-3-2-4(9-1-8-2)11-5(7)10-3/h2H,1H3,(H2,9,11,12);1H,(H,8,9,10,11). The molecule has 0 aliphatic rings. The van der Waals surface area contributed by atoms with Gasteiger partial charge in [-0.25, -0.2) is 15.0 Å². The second-order valence-electron chi connectivity index (χ2n) is 4.56. The number of fused-ring (bicyclic) bond motifs is 2. The van der Waals surface area contributed by atoms with Crippen molar-refractivity contribution in [2.75, 3.05) is 5.73 Å². The van der Waals surface area contributed by atoms with Crippen LogP contribution in [-0.4, -0.2) is 45.4 Å². The Hall–Kier alpha value is -2.56. The molecule has 0 aliphatic heterocycles. The van der Waals surface area contributed by atoms with Crippen molar-refractivity contribution in [3.63, 3.8) is 0 Å². The molecule has 4 rings (SSSR count). The molecule has 3 N–H and O–H groups in total. The van der Waals surface area contributed by atoms with Crippen LogP contribution in [0.2, 0.25) is 15.6 Å². The first kappa shape index (κ1) is 17.3. The summed E-state index contributed by atoms with van der Waals surface area (Å²) in [6, 6.07) is 0. The molecule has 10 nitrogen and oxygen atoms in total. The van der Waals surface area contributed by atoms with Gasteiger partial charge in [0.15, 0.2) is 21.6 Å². The zero-order valence-electron chi connectivity index (χ0n) is 12.4. The fourth-order valence-electron chi connectivity index (χ4n) is 1.89. The Morgan fingerprint density at radius 2 is 1.80 bits per heavy atom. The number of imidazole rings is 2. The summed E-state index contributed by atoms with van der Waals surface area (Å²) >= 11 is 17.0. The molecule has 0 saturated heterocycles. The van der Waals surface area contributed by atoms with E-state index in [9.17, 15) is 4.79 Å². The average Bonchev–Trinajstić information content (AvgIpc) is 3.14. The van der Waals surface area contributed by atoms with Crippen molar-refractivity contribution in [1.29, 1.82) is 0 Å². The normalized spacial score (nSPS) is 10.7. The molecular weight excluding hydrogens is 393 g/mol. The van der Waals surface area contributed by atoms with Crippen molar-refractivity contribution in [2.45, 2.75) is 6.92 Å². The van der Waals surface area contributed by atoms with Gasteiger partial charge in [0.05, 0.1) is 6.33 Å². The van der Waals surface area contributed by atoms with E-state index in [4.69, 9.17) is 40.5 Å². The number of aromatic amines is 1. The van der Waals surface area contributed by atoms with Crippen LogP contribution in [0.1, 0.15) is 11.7 Å². The number of nitrogen functional groups attached to an aromatic ring is 1. The molecule has 13 heteroatoms. The maximum Gasteiger partial charge on any atom is 0.230 e. The monoisotopic (exact) mass is 399 g/mol. The number of anilines is 1. The number of carbonyl (C=O) groups excluding carboxylic acids is 1. The second kappa shape index (κ2) is 6.75. The minimum Gasteiger partial charge on any atom is -0.368 e. The van der Waals surface area contributed by atoms with Crippen LogP contribution < -0.4 is 5.73 Å². The predicted molar refractivity (Wildman–Crippen MR) is 92.7 cm³/mol. The van der Waals surface area contributed by atoms with Crippen molar-refractivity contribution in [3.05, 3.63) is 28.2 Å². The van der Waals surface area contributed by atoms with E-state index in [1.807, 2.05) is 0 Å². The molecule has 128 valence electrons. The van der Waals surface area contributed by atoms with Crippen molar-refractivity contribution < 1.29 is 4.79 Å². The Morgan fingerprint density at radius 1 is 1.08 bits per heavy atom. The van der Waals surface area contributed by atoms with Crippen LogP contribution in [0.15, 0.2) is 12.7 Å². The van der Waals surface area contributed by atoms with Crippen molar-refractivity contribution in [3.8, 4) is 0 Å². The molecule has 0 amide bonds. The van der Waals surface area contributed by atoms with E-state index in [0.717, 1.165) is 0 Å². The number of nitrogens with one attached hydrogen (secondary N) is 1. The summed E-state index contributed by atoms with van der Waals surface area (Å²) in [5, 5.41) is 0.528. The highest BCUT2D eigenvalue weighted by Crippen LogP contribution is 2.19. The largest absolute Gasteiger partial charge is 0.368 e. The molecule has 0 unspecified atom stereocenters. The number of H-pyrrole nitrogens is 1. The first-order valence-corrected chi connectivity index (χ1v) is 7.69. The summed E-state index contributed by atoms with van der Waals surface area (Å²) in [6.07, 6.45) is 2.83. The van der Waals surface area contributed by atoms with Gasteiger partial charge in [0.2, 0.25) is 17.1 Å². The van der Waals surface area contributed by atoms with E-state index in [1.54, 1.807) is 0 Å². The van der Waals surface area contributed by atoms with Crippen LogP contribution in [0.3, 0.4) is 0 Å². The minimum absolute atomic E-state index is 0.0190. The van der Waals surface area contributed by atoms with Crippen molar-refractivity contribution >= 4 is 69.0 Å². The molecule has 0 spiro atoms. The van der Waals surface area contributed by atoms with E-state index in [0.29, 0.717) is 22.3 Å². The number of nitrogens with zero attached hydrogens (tertiary/aromatic N) is 7. The Balaban J connectivity index is 0.000000150. The number of hydrogen-bond acceptors (Lipinski definition) is 8. The quantitative estimate of drug-likeness (QED) is 0.338. The SMILES string of the molecule is CC(=O)n1cnc2c(Cl)nc(N)nc21.Clc1nc(Cl)c2nc[nH]c2n1. The van der Waals surface area contributed by atoms with Gasteiger partial charge in [0, 0.05) is 6.92 Å².